The molecule has 0 aromatic carbocycles. The van der Waals surface area contributed by atoms with Crippen LogP contribution in [0.25, 0.3) is 0 Å². The standard InChI is InChI=1S/C6Br3Cl6N3/c7-4(8,9)1-16-2(5(10,11)12)18-3(17-1)6(13,14)15. The summed E-state index contributed by atoms with van der Waals surface area (Å²) in [5, 5.41) is 0. The molecule has 0 radical (unpaired) electrons. The van der Waals surface area contributed by atoms with E-state index in [9.17, 15) is 0 Å². The highest BCUT2D eigenvalue weighted by atomic mass is 80.0. The Morgan fingerprint density at radius 2 is 0.889 bits per heavy atom. The Morgan fingerprint density at radius 1 is 0.611 bits per heavy atom. The lowest BCUT2D eigenvalue weighted by Crippen LogP contribution is -2.20. The number of alkyl halides is 9. The van der Waals surface area contributed by atoms with Gasteiger partial charge >= 0.3 is 0 Å². The van der Waals surface area contributed by atoms with E-state index in [1.54, 1.807) is 0 Å². The van der Waals surface area contributed by atoms with Gasteiger partial charge in [0.2, 0.25) is 7.59 Å². The molecule has 0 spiro atoms. The molecular weight excluding hydrogens is 567 g/mol. The summed E-state index contributed by atoms with van der Waals surface area (Å²) >= 11 is 43.9. The summed E-state index contributed by atoms with van der Waals surface area (Å²) in [4.78, 5) is 11.7. The predicted molar refractivity (Wildman–Crippen MR) is 86.8 cm³/mol. The summed E-state index contributed by atoms with van der Waals surface area (Å²) in [5.41, 5.74) is 0. The minimum absolute atomic E-state index is 0.125. The Morgan fingerprint density at radius 3 is 1.11 bits per heavy atom. The van der Waals surface area contributed by atoms with Crippen LogP contribution in [0.3, 0.4) is 0 Å². The summed E-state index contributed by atoms with van der Waals surface area (Å²) in [7, 11) is 0. The molecule has 1 aromatic rings. The smallest absolute Gasteiger partial charge is 0.210 e. The van der Waals surface area contributed by atoms with Gasteiger partial charge < -0.3 is 0 Å². The van der Waals surface area contributed by atoms with Crippen LogP contribution in [-0.2, 0) is 9.73 Å². The number of hydrogen-bond donors (Lipinski definition) is 0. The molecule has 1 aromatic heterocycles. The maximum atomic E-state index is 5.71. The average Bonchev–Trinajstić information content (AvgIpc) is 2.13. The average molecular weight is 567 g/mol. The van der Waals surface area contributed by atoms with Gasteiger partial charge in [-0.05, 0) is 0 Å². The van der Waals surface area contributed by atoms with E-state index >= 15 is 0 Å². The van der Waals surface area contributed by atoms with E-state index in [0.717, 1.165) is 0 Å². The van der Waals surface area contributed by atoms with Crippen molar-refractivity contribution in [3.8, 4) is 0 Å². The number of aromatic nitrogens is 3. The van der Waals surface area contributed by atoms with Gasteiger partial charge in [-0.15, -0.1) is 0 Å². The minimum Gasteiger partial charge on any atom is -0.210 e. The van der Waals surface area contributed by atoms with E-state index in [4.69, 9.17) is 69.6 Å². The Kier molecular flexibility index (Phi) is 6.21. The van der Waals surface area contributed by atoms with Crippen molar-refractivity contribution in [1.82, 2.24) is 15.0 Å². The second-order valence-electron chi connectivity index (χ2n) is 2.80. The van der Waals surface area contributed by atoms with Gasteiger partial charge in [0, 0.05) is 0 Å². The van der Waals surface area contributed by atoms with Crippen molar-refractivity contribution in [2.24, 2.45) is 0 Å². The molecule has 0 N–H and O–H groups in total. The van der Waals surface area contributed by atoms with E-state index < -0.39 is 9.73 Å². The normalized spacial score (nSPS) is 13.8. The van der Waals surface area contributed by atoms with E-state index in [0.29, 0.717) is 0 Å². The van der Waals surface area contributed by atoms with E-state index in [-0.39, 0.29) is 17.5 Å². The van der Waals surface area contributed by atoms with Gasteiger partial charge in [-0.2, -0.15) is 0 Å². The fourth-order valence-corrected chi connectivity index (χ4v) is 1.80. The van der Waals surface area contributed by atoms with Gasteiger partial charge in [0.1, 0.15) is 0 Å². The monoisotopic (exact) mass is 561 g/mol. The second kappa shape index (κ2) is 6.13. The van der Waals surface area contributed by atoms with Crippen LogP contribution in [0.4, 0.5) is 0 Å². The second-order valence-corrected chi connectivity index (χ2v) is 14.1. The molecule has 102 valence electrons. The van der Waals surface area contributed by atoms with Crippen LogP contribution >= 0.6 is 117 Å². The van der Waals surface area contributed by atoms with Crippen LogP contribution in [0.5, 0.6) is 0 Å². The Bertz CT molecular complexity index is 372. The zero-order valence-corrected chi connectivity index (χ0v) is 17.0. The summed E-state index contributed by atoms with van der Waals surface area (Å²) in [6.45, 7) is 0. The predicted octanol–water partition coefficient (Wildman–Crippen LogP) is 5.82. The van der Waals surface area contributed by atoms with E-state index in [2.05, 4.69) is 62.7 Å². The third kappa shape index (κ3) is 5.19. The van der Waals surface area contributed by atoms with E-state index in [1.807, 2.05) is 0 Å². The molecule has 1 heterocycles. The molecule has 0 fully saturated rings. The summed E-state index contributed by atoms with van der Waals surface area (Å²) < 4.78 is -4.72. The molecular formula is C6Br3Cl6N3. The lowest BCUT2D eigenvalue weighted by atomic mass is 10.5. The molecule has 3 nitrogen and oxygen atoms in total. The topological polar surface area (TPSA) is 38.7 Å². The first-order valence-corrected chi connectivity index (χ1v) is 8.44. The molecule has 0 bridgehead atoms. The fourth-order valence-electron chi connectivity index (χ4n) is 0.756. The lowest BCUT2D eigenvalue weighted by molar-refractivity contribution is 0.803. The SMILES string of the molecule is ClC(Cl)(Cl)c1nc(C(Cl)(Cl)Cl)nc(C(Br)(Br)Br)n1. The molecule has 12 heteroatoms. The number of halogens is 9. The minimum atomic E-state index is -1.87. The highest BCUT2D eigenvalue weighted by Crippen LogP contribution is 2.45. The Hall–Kier alpha value is 2.19. The first kappa shape index (κ1) is 18.2. The van der Waals surface area contributed by atoms with Crippen molar-refractivity contribution in [2.75, 3.05) is 0 Å². The van der Waals surface area contributed by atoms with Gasteiger partial charge in [-0.1, -0.05) is 117 Å². The highest BCUT2D eigenvalue weighted by molar-refractivity contribution is 9.38. The maximum Gasteiger partial charge on any atom is 0.250 e. The van der Waals surface area contributed by atoms with Gasteiger partial charge in [0.25, 0.3) is 0 Å². The Balaban J connectivity index is 3.49. The summed E-state index contributed by atoms with van der Waals surface area (Å²) in [5.74, 6) is -0.205. The van der Waals surface area contributed by atoms with Crippen molar-refractivity contribution in [3.63, 3.8) is 0 Å². The van der Waals surface area contributed by atoms with E-state index in [1.165, 1.54) is 0 Å². The molecule has 0 aliphatic rings. The van der Waals surface area contributed by atoms with Crippen molar-refractivity contribution < 1.29 is 0 Å². The molecule has 18 heavy (non-hydrogen) atoms. The van der Waals surface area contributed by atoms with Crippen LogP contribution in [0.1, 0.15) is 17.5 Å². The number of nitrogens with zero attached hydrogens (tertiary/aromatic N) is 3. The largest absolute Gasteiger partial charge is 0.250 e. The van der Waals surface area contributed by atoms with Crippen LogP contribution in [-0.4, -0.2) is 15.0 Å². The molecule has 1 rings (SSSR count). The maximum absolute atomic E-state index is 5.71. The summed E-state index contributed by atoms with van der Waals surface area (Å²) in [6, 6.07) is 0. The fraction of sp³-hybridized carbons (Fsp3) is 0.500. The third-order valence-electron chi connectivity index (χ3n) is 1.40. The molecule has 0 aliphatic heterocycles. The zero-order valence-electron chi connectivity index (χ0n) is 7.74. The Labute approximate surface area is 158 Å². The van der Waals surface area contributed by atoms with Crippen LogP contribution in [0, 0.1) is 0 Å². The van der Waals surface area contributed by atoms with Crippen molar-refractivity contribution in [2.45, 2.75) is 9.73 Å². The van der Waals surface area contributed by atoms with Gasteiger partial charge in [-0.25, -0.2) is 15.0 Å². The van der Waals surface area contributed by atoms with Gasteiger partial charge in [-0.3, -0.25) is 0 Å². The molecule has 0 saturated heterocycles. The third-order valence-corrected chi connectivity index (χ3v) is 3.47. The zero-order chi connectivity index (χ0) is 14.4. The molecule has 0 aliphatic carbocycles. The molecule has 0 amide bonds. The van der Waals surface area contributed by atoms with Crippen LogP contribution < -0.4 is 0 Å². The van der Waals surface area contributed by atoms with Crippen molar-refractivity contribution in [3.05, 3.63) is 17.5 Å². The lowest BCUT2D eigenvalue weighted by Gasteiger charge is -2.18. The first-order chi connectivity index (χ1) is 7.82. The van der Waals surface area contributed by atoms with Crippen molar-refractivity contribution in [1.29, 1.82) is 0 Å². The number of hydrogen-bond acceptors (Lipinski definition) is 3. The van der Waals surface area contributed by atoms with Crippen LogP contribution in [0.15, 0.2) is 0 Å². The van der Waals surface area contributed by atoms with Gasteiger partial charge in [0.15, 0.2) is 19.6 Å². The summed E-state index contributed by atoms with van der Waals surface area (Å²) in [6.07, 6.45) is 0. The quantitative estimate of drug-likeness (QED) is 0.372. The number of rotatable bonds is 0. The van der Waals surface area contributed by atoms with Gasteiger partial charge in [0.05, 0.1) is 0 Å². The first-order valence-electron chi connectivity index (χ1n) is 3.79. The molecule has 0 unspecified atom stereocenters. The molecule has 0 saturated carbocycles. The van der Waals surface area contributed by atoms with Crippen molar-refractivity contribution >= 4 is 117 Å². The highest BCUT2D eigenvalue weighted by Gasteiger charge is 2.37. The van der Waals surface area contributed by atoms with Crippen LogP contribution in [0.2, 0.25) is 0 Å². The molecule has 0 atom stereocenters.